The quantitative estimate of drug-likeness (QED) is 0.776. The van der Waals surface area contributed by atoms with Crippen LogP contribution >= 0.6 is 0 Å². The molecule has 1 aliphatic heterocycles. The predicted molar refractivity (Wildman–Crippen MR) is 82.3 cm³/mol. The van der Waals surface area contributed by atoms with Crippen molar-refractivity contribution >= 4 is 0 Å². The summed E-state index contributed by atoms with van der Waals surface area (Å²) in [6, 6.07) is 0.889. The molecular formula is C16H33N3. The van der Waals surface area contributed by atoms with Crippen LogP contribution in [0.4, 0.5) is 0 Å². The predicted octanol–water partition coefficient (Wildman–Crippen LogP) is 2.31. The molecule has 1 saturated carbocycles. The molecule has 0 spiro atoms. The first kappa shape index (κ1) is 15.3. The molecule has 2 fully saturated rings. The summed E-state index contributed by atoms with van der Waals surface area (Å²) in [7, 11) is 0. The van der Waals surface area contributed by atoms with Gasteiger partial charge in [-0.3, -0.25) is 4.90 Å². The topological polar surface area (TPSA) is 32.5 Å². The van der Waals surface area contributed by atoms with Crippen LogP contribution in [0, 0.1) is 5.92 Å². The van der Waals surface area contributed by atoms with E-state index in [0.29, 0.717) is 0 Å². The summed E-state index contributed by atoms with van der Waals surface area (Å²) in [6.07, 6.45) is 9.58. The summed E-state index contributed by atoms with van der Waals surface area (Å²) in [5.74, 6) is 0.969. The van der Waals surface area contributed by atoms with Gasteiger partial charge in [-0.25, -0.2) is 0 Å². The van der Waals surface area contributed by atoms with Crippen molar-refractivity contribution in [2.24, 2.45) is 11.7 Å². The number of nitrogens with two attached hydrogens (primary N) is 1. The second-order valence-corrected chi connectivity index (χ2v) is 6.64. The summed E-state index contributed by atoms with van der Waals surface area (Å²) in [6.45, 7) is 9.71. The van der Waals surface area contributed by atoms with E-state index in [9.17, 15) is 0 Å². The second-order valence-electron chi connectivity index (χ2n) is 6.64. The van der Waals surface area contributed by atoms with Crippen LogP contribution < -0.4 is 5.73 Å². The van der Waals surface area contributed by atoms with Crippen molar-refractivity contribution in [3.05, 3.63) is 0 Å². The van der Waals surface area contributed by atoms with E-state index in [2.05, 4.69) is 16.7 Å². The van der Waals surface area contributed by atoms with Gasteiger partial charge in [-0.1, -0.05) is 6.92 Å². The Hall–Kier alpha value is -0.120. The third-order valence-corrected chi connectivity index (χ3v) is 5.05. The van der Waals surface area contributed by atoms with Crippen LogP contribution in [0.3, 0.4) is 0 Å². The highest BCUT2D eigenvalue weighted by atomic mass is 15.2. The summed E-state index contributed by atoms with van der Waals surface area (Å²) in [4.78, 5) is 5.44. The lowest BCUT2D eigenvalue weighted by molar-refractivity contribution is 0.143. The molecule has 19 heavy (non-hydrogen) atoms. The third-order valence-electron chi connectivity index (χ3n) is 5.05. The van der Waals surface area contributed by atoms with E-state index in [4.69, 9.17) is 5.73 Å². The molecule has 0 aromatic heterocycles. The van der Waals surface area contributed by atoms with Gasteiger partial charge in [0.15, 0.2) is 0 Å². The lowest BCUT2D eigenvalue weighted by Gasteiger charge is -2.35. The Labute approximate surface area is 119 Å². The number of hydrogen-bond acceptors (Lipinski definition) is 3. The van der Waals surface area contributed by atoms with Crippen LogP contribution in [0.2, 0.25) is 0 Å². The van der Waals surface area contributed by atoms with Crippen molar-refractivity contribution in [1.29, 1.82) is 0 Å². The van der Waals surface area contributed by atoms with Crippen molar-refractivity contribution in [2.75, 3.05) is 39.3 Å². The number of hydrogen-bond donors (Lipinski definition) is 1. The van der Waals surface area contributed by atoms with Gasteiger partial charge in [-0.15, -0.1) is 0 Å². The van der Waals surface area contributed by atoms with Gasteiger partial charge in [0.2, 0.25) is 0 Å². The van der Waals surface area contributed by atoms with Gasteiger partial charge in [0.25, 0.3) is 0 Å². The maximum Gasteiger partial charge on any atom is 0.0112 e. The average Bonchev–Trinajstić information content (AvgIpc) is 2.66. The molecule has 0 atom stereocenters. The Balaban J connectivity index is 1.70. The normalized spacial score (nSPS) is 31.3. The standard InChI is InChI=1S/C16H33N3/c1-15-5-7-16(8-6-15)19-12-4-11-18(13-14-19)10-3-2-9-17/h15-16H,2-14,17H2,1H3. The molecule has 1 aliphatic carbocycles. The minimum atomic E-state index is 0.847. The number of unbranched alkanes of at least 4 members (excludes halogenated alkanes) is 1. The lowest BCUT2D eigenvalue weighted by Crippen LogP contribution is -2.40. The minimum Gasteiger partial charge on any atom is -0.330 e. The molecule has 112 valence electrons. The van der Waals surface area contributed by atoms with E-state index in [1.807, 2.05) is 0 Å². The highest BCUT2D eigenvalue weighted by Gasteiger charge is 2.25. The van der Waals surface area contributed by atoms with E-state index in [1.54, 1.807) is 0 Å². The Morgan fingerprint density at radius 2 is 1.74 bits per heavy atom. The van der Waals surface area contributed by atoms with E-state index in [1.165, 1.54) is 77.7 Å². The fourth-order valence-electron chi connectivity index (χ4n) is 3.67. The highest BCUT2D eigenvalue weighted by Crippen LogP contribution is 2.27. The summed E-state index contributed by atoms with van der Waals surface area (Å²) >= 11 is 0. The summed E-state index contributed by atoms with van der Waals surface area (Å²) < 4.78 is 0. The van der Waals surface area contributed by atoms with Crippen LogP contribution in [-0.2, 0) is 0 Å². The highest BCUT2D eigenvalue weighted by molar-refractivity contribution is 4.81. The maximum atomic E-state index is 5.58. The molecule has 1 heterocycles. The first-order chi connectivity index (χ1) is 9.29. The largest absolute Gasteiger partial charge is 0.330 e. The third kappa shape index (κ3) is 5.05. The summed E-state index contributed by atoms with van der Waals surface area (Å²) in [5.41, 5.74) is 5.58. The number of rotatable bonds is 5. The van der Waals surface area contributed by atoms with Crippen molar-refractivity contribution < 1.29 is 0 Å². The zero-order valence-corrected chi connectivity index (χ0v) is 12.8. The van der Waals surface area contributed by atoms with Gasteiger partial charge in [-0.2, -0.15) is 0 Å². The smallest absolute Gasteiger partial charge is 0.0112 e. The van der Waals surface area contributed by atoms with Crippen LogP contribution in [0.15, 0.2) is 0 Å². The zero-order chi connectivity index (χ0) is 13.5. The van der Waals surface area contributed by atoms with Crippen molar-refractivity contribution in [3.8, 4) is 0 Å². The molecule has 2 rings (SSSR count). The zero-order valence-electron chi connectivity index (χ0n) is 12.8. The fraction of sp³-hybridized carbons (Fsp3) is 1.00. The second kappa shape index (κ2) is 8.23. The monoisotopic (exact) mass is 267 g/mol. The molecule has 2 aliphatic rings. The molecule has 0 aromatic rings. The van der Waals surface area contributed by atoms with Gasteiger partial charge < -0.3 is 10.6 Å². The molecule has 2 N–H and O–H groups in total. The molecule has 1 saturated heterocycles. The lowest BCUT2D eigenvalue weighted by atomic mass is 9.86. The first-order valence-electron chi connectivity index (χ1n) is 8.46. The van der Waals surface area contributed by atoms with Gasteiger partial charge in [0, 0.05) is 19.1 Å². The molecule has 0 amide bonds. The molecule has 3 nitrogen and oxygen atoms in total. The van der Waals surface area contributed by atoms with Gasteiger partial charge >= 0.3 is 0 Å². The SMILES string of the molecule is CC1CCC(N2CCCN(CCCCN)CC2)CC1. The van der Waals surface area contributed by atoms with E-state index in [0.717, 1.165) is 18.5 Å². The average molecular weight is 267 g/mol. The van der Waals surface area contributed by atoms with E-state index in [-0.39, 0.29) is 0 Å². The number of nitrogens with zero attached hydrogens (tertiary/aromatic N) is 2. The van der Waals surface area contributed by atoms with Crippen LogP contribution in [0.5, 0.6) is 0 Å². The fourth-order valence-corrected chi connectivity index (χ4v) is 3.67. The molecule has 0 unspecified atom stereocenters. The van der Waals surface area contributed by atoms with Crippen LogP contribution in [0.1, 0.15) is 51.9 Å². The molecular weight excluding hydrogens is 234 g/mol. The van der Waals surface area contributed by atoms with Crippen molar-refractivity contribution in [3.63, 3.8) is 0 Å². The van der Waals surface area contributed by atoms with Crippen molar-refractivity contribution in [1.82, 2.24) is 9.80 Å². The molecule has 0 aromatic carbocycles. The minimum absolute atomic E-state index is 0.847. The molecule has 0 bridgehead atoms. The van der Waals surface area contributed by atoms with Gasteiger partial charge in [0.05, 0.1) is 0 Å². The molecule has 3 heteroatoms. The Bertz CT molecular complexity index is 236. The van der Waals surface area contributed by atoms with Gasteiger partial charge in [-0.05, 0) is 77.0 Å². The van der Waals surface area contributed by atoms with Crippen LogP contribution in [0.25, 0.3) is 0 Å². The van der Waals surface area contributed by atoms with Crippen LogP contribution in [-0.4, -0.2) is 55.1 Å². The van der Waals surface area contributed by atoms with Crippen molar-refractivity contribution in [2.45, 2.75) is 57.9 Å². The Kier molecular flexibility index (Phi) is 6.62. The Morgan fingerprint density at radius 3 is 2.47 bits per heavy atom. The molecule has 0 radical (unpaired) electrons. The van der Waals surface area contributed by atoms with E-state index < -0.39 is 0 Å². The van der Waals surface area contributed by atoms with E-state index >= 15 is 0 Å². The Morgan fingerprint density at radius 1 is 0.947 bits per heavy atom. The summed E-state index contributed by atoms with van der Waals surface area (Å²) in [5, 5.41) is 0. The maximum absolute atomic E-state index is 5.58. The van der Waals surface area contributed by atoms with Gasteiger partial charge in [0.1, 0.15) is 0 Å². The first-order valence-corrected chi connectivity index (χ1v) is 8.46.